The van der Waals surface area contributed by atoms with Crippen molar-refractivity contribution < 1.29 is 0 Å². The lowest BCUT2D eigenvalue weighted by Gasteiger charge is -2.26. The third kappa shape index (κ3) is 5.42. The van der Waals surface area contributed by atoms with Gasteiger partial charge in [-0.2, -0.15) is 0 Å². The Morgan fingerprint density at radius 1 is 0.308 bits per heavy atom. The lowest BCUT2D eigenvalue weighted by atomic mass is 9.93. The molecule has 0 saturated heterocycles. The summed E-state index contributed by atoms with van der Waals surface area (Å²) in [5.41, 5.74) is 9.45. The number of fused-ring (bicyclic) bond motifs is 5. The standard InChI is InChI=1S/C50H33NS/c1-2-10-38-31-39(18-17-34(38)9-1)35-19-25-42(26-20-35)51(44-29-23-37(24-30-44)50-33-41-12-4-8-16-49(41)52-50)43-27-21-36(22-28-43)48-32-40-11-3-5-13-45(40)46-14-6-7-15-47(46)48/h1-33H. The van der Waals surface area contributed by atoms with Gasteiger partial charge in [0.05, 0.1) is 0 Å². The molecule has 0 N–H and O–H groups in total. The van der Waals surface area contributed by atoms with Gasteiger partial charge in [-0.15, -0.1) is 11.3 Å². The molecule has 0 fully saturated rings. The second-order valence-electron chi connectivity index (χ2n) is 13.4. The monoisotopic (exact) mass is 679 g/mol. The Balaban J connectivity index is 1.05. The highest BCUT2D eigenvalue weighted by Gasteiger charge is 2.15. The summed E-state index contributed by atoms with van der Waals surface area (Å²) >= 11 is 1.84. The van der Waals surface area contributed by atoms with Crippen LogP contribution in [0, 0.1) is 0 Å². The molecule has 0 aliphatic rings. The smallest absolute Gasteiger partial charge is 0.0462 e. The minimum absolute atomic E-state index is 1.11. The summed E-state index contributed by atoms with van der Waals surface area (Å²) in [6.07, 6.45) is 0. The molecular formula is C50H33NS. The average Bonchev–Trinajstić information content (AvgIpc) is 3.66. The van der Waals surface area contributed by atoms with Crippen LogP contribution in [0.2, 0.25) is 0 Å². The van der Waals surface area contributed by atoms with E-state index >= 15 is 0 Å². The van der Waals surface area contributed by atoms with Gasteiger partial charge in [-0.1, -0.05) is 140 Å². The molecule has 244 valence electrons. The molecule has 2 heteroatoms. The molecule has 10 aromatic rings. The molecule has 0 bridgehead atoms. The molecule has 0 amide bonds. The number of nitrogens with zero attached hydrogens (tertiary/aromatic N) is 1. The third-order valence-electron chi connectivity index (χ3n) is 10.2. The van der Waals surface area contributed by atoms with Crippen LogP contribution in [0.1, 0.15) is 0 Å². The SMILES string of the molecule is c1ccc2cc(-c3ccc(N(c4ccc(-c5cc6ccccc6s5)cc4)c4ccc(-c5cc6ccccc6c6ccccc56)cc4)cc3)ccc2c1. The van der Waals surface area contributed by atoms with Crippen LogP contribution in [0.3, 0.4) is 0 Å². The highest BCUT2D eigenvalue weighted by atomic mass is 32.1. The van der Waals surface area contributed by atoms with Crippen molar-refractivity contribution in [1.82, 2.24) is 0 Å². The van der Waals surface area contributed by atoms with Gasteiger partial charge in [-0.05, 0) is 126 Å². The van der Waals surface area contributed by atoms with Crippen molar-refractivity contribution in [2.24, 2.45) is 0 Å². The number of hydrogen-bond donors (Lipinski definition) is 0. The predicted molar refractivity (Wildman–Crippen MR) is 225 cm³/mol. The van der Waals surface area contributed by atoms with E-state index in [1.54, 1.807) is 0 Å². The fraction of sp³-hybridized carbons (Fsp3) is 0. The topological polar surface area (TPSA) is 3.24 Å². The van der Waals surface area contributed by atoms with E-state index in [9.17, 15) is 0 Å². The number of benzene rings is 9. The van der Waals surface area contributed by atoms with Gasteiger partial charge in [-0.25, -0.2) is 0 Å². The second-order valence-corrected chi connectivity index (χ2v) is 14.5. The maximum Gasteiger partial charge on any atom is 0.0462 e. The Labute approximate surface area is 307 Å². The third-order valence-corrected chi connectivity index (χ3v) is 11.4. The molecule has 0 atom stereocenters. The van der Waals surface area contributed by atoms with Crippen molar-refractivity contribution in [1.29, 1.82) is 0 Å². The minimum Gasteiger partial charge on any atom is -0.311 e. The zero-order valence-corrected chi connectivity index (χ0v) is 29.2. The lowest BCUT2D eigenvalue weighted by molar-refractivity contribution is 1.28. The van der Waals surface area contributed by atoms with Crippen molar-refractivity contribution in [3.05, 3.63) is 200 Å². The molecule has 0 aliphatic heterocycles. The van der Waals surface area contributed by atoms with Crippen LogP contribution in [0.4, 0.5) is 17.1 Å². The molecule has 1 nitrogen and oxygen atoms in total. The summed E-state index contributed by atoms with van der Waals surface area (Å²) in [4.78, 5) is 3.65. The van der Waals surface area contributed by atoms with E-state index in [1.165, 1.54) is 75.1 Å². The van der Waals surface area contributed by atoms with Gasteiger partial charge in [0.25, 0.3) is 0 Å². The summed E-state index contributed by atoms with van der Waals surface area (Å²) in [6, 6.07) is 73.0. The Kier molecular flexibility index (Phi) is 7.41. The van der Waals surface area contributed by atoms with E-state index in [4.69, 9.17) is 0 Å². The number of hydrogen-bond acceptors (Lipinski definition) is 2. The van der Waals surface area contributed by atoms with Gasteiger partial charge in [0, 0.05) is 26.6 Å². The van der Waals surface area contributed by atoms with Crippen LogP contribution in [-0.2, 0) is 0 Å². The first-order valence-electron chi connectivity index (χ1n) is 17.7. The first kappa shape index (κ1) is 30.4. The van der Waals surface area contributed by atoms with E-state index in [0.29, 0.717) is 0 Å². The van der Waals surface area contributed by atoms with Crippen molar-refractivity contribution in [3.63, 3.8) is 0 Å². The predicted octanol–water partition coefficient (Wildman–Crippen LogP) is 14.8. The number of rotatable bonds is 6. The summed E-state index contributed by atoms with van der Waals surface area (Å²) in [6.45, 7) is 0. The van der Waals surface area contributed by atoms with E-state index in [2.05, 4.69) is 205 Å². The van der Waals surface area contributed by atoms with Crippen LogP contribution in [-0.4, -0.2) is 0 Å². The van der Waals surface area contributed by atoms with E-state index < -0.39 is 0 Å². The molecule has 0 saturated carbocycles. The number of thiophene rings is 1. The van der Waals surface area contributed by atoms with Gasteiger partial charge in [-0.3, -0.25) is 0 Å². The van der Waals surface area contributed by atoms with Crippen LogP contribution in [0.15, 0.2) is 200 Å². The maximum absolute atomic E-state index is 2.36. The molecule has 52 heavy (non-hydrogen) atoms. The summed E-state index contributed by atoms with van der Waals surface area (Å²) in [5, 5.41) is 8.90. The van der Waals surface area contributed by atoms with Gasteiger partial charge in [0.15, 0.2) is 0 Å². The van der Waals surface area contributed by atoms with Crippen LogP contribution in [0.25, 0.3) is 75.1 Å². The normalized spacial score (nSPS) is 11.5. The van der Waals surface area contributed by atoms with Crippen molar-refractivity contribution in [2.75, 3.05) is 4.90 Å². The quantitative estimate of drug-likeness (QED) is 0.158. The average molecular weight is 680 g/mol. The summed E-state index contributed by atoms with van der Waals surface area (Å²) < 4.78 is 1.31. The van der Waals surface area contributed by atoms with E-state index in [0.717, 1.165) is 17.1 Å². The molecule has 10 rings (SSSR count). The molecule has 0 radical (unpaired) electrons. The van der Waals surface area contributed by atoms with Gasteiger partial charge in [0.2, 0.25) is 0 Å². The fourth-order valence-corrected chi connectivity index (χ4v) is 8.67. The molecule has 1 heterocycles. The van der Waals surface area contributed by atoms with E-state index in [1.807, 2.05) is 11.3 Å². The summed E-state index contributed by atoms with van der Waals surface area (Å²) in [7, 11) is 0. The van der Waals surface area contributed by atoms with E-state index in [-0.39, 0.29) is 0 Å². The molecular weight excluding hydrogens is 647 g/mol. The molecule has 0 unspecified atom stereocenters. The molecule has 9 aromatic carbocycles. The van der Waals surface area contributed by atoms with Crippen molar-refractivity contribution in [2.45, 2.75) is 0 Å². The fourth-order valence-electron chi connectivity index (χ4n) is 7.60. The van der Waals surface area contributed by atoms with Crippen LogP contribution < -0.4 is 4.90 Å². The highest BCUT2D eigenvalue weighted by molar-refractivity contribution is 7.22. The minimum atomic E-state index is 1.11. The van der Waals surface area contributed by atoms with Crippen LogP contribution in [0.5, 0.6) is 0 Å². The van der Waals surface area contributed by atoms with Gasteiger partial charge in [0.1, 0.15) is 0 Å². The molecule has 0 spiro atoms. The van der Waals surface area contributed by atoms with Crippen molar-refractivity contribution >= 4 is 70.8 Å². The second kappa shape index (κ2) is 12.7. The maximum atomic E-state index is 2.36. The zero-order chi connectivity index (χ0) is 34.4. The zero-order valence-electron chi connectivity index (χ0n) is 28.4. The van der Waals surface area contributed by atoms with Gasteiger partial charge >= 0.3 is 0 Å². The summed E-state index contributed by atoms with van der Waals surface area (Å²) in [5.74, 6) is 0. The largest absolute Gasteiger partial charge is 0.311 e. The first-order chi connectivity index (χ1) is 25.7. The molecule has 0 aliphatic carbocycles. The highest BCUT2D eigenvalue weighted by Crippen LogP contribution is 2.41. The Bertz CT molecular complexity index is 2850. The Morgan fingerprint density at radius 2 is 0.827 bits per heavy atom. The first-order valence-corrected chi connectivity index (χ1v) is 18.6. The van der Waals surface area contributed by atoms with Crippen LogP contribution >= 0.6 is 11.3 Å². The lowest BCUT2D eigenvalue weighted by Crippen LogP contribution is -2.09. The Hall–Kier alpha value is -6.48. The van der Waals surface area contributed by atoms with Crippen molar-refractivity contribution in [3.8, 4) is 32.7 Å². The van der Waals surface area contributed by atoms with Gasteiger partial charge < -0.3 is 4.90 Å². The number of anilines is 3. The Morgan fingerprint density at radius 3 is 1.52 bits per heavy atom. The molecule has 1 aromatic heterocycles.